The van der Waals surface area contributed by atoms with Crippen molar-refractivity contribution in [3.8, 4) is 11.5 Å². The molecule has 0 aliphatic carbocycles. The Kier molecular flexibility index (Phi) is 3.61. The third-order valence-electron chi connectivity index (χ3n) is 1.92. The summed E-state index contributed by atoms with van der Waals surface area (Å²) in [6.07, 6.45) is -0.641. The second kappa shape index (κ2) is 4.53. The highest BCUT2D eigenvalue weighted by molar-refractivity contribution is 6.30. The Hall–Kier alpha value is -0.930. The molecule has 1 rings (SSSR count). The average molecular weight is 217 g/mol. The zero-order valence-corrected chi connectivity index (χ0v) is 9.13. The van der Waals surface area contributed by atoms with Gasteiger partial charge in [-0.3, -0.25) is 0 Å². The van der Waals surface area contributed by atoms with Crippen LogP contribution in [0.4, 0.5) is 0 Å². The van der Waals surface area contributed by atoms with Gasteiger partial charge in [-0.2, -0.15) is 0 Å². The van der Waals surface area contributed by atoms with Crippen molar-refractivity contribution in [3.63, 3.8) is 0 Å². The quantitative estimate of drug-likeness (QED) is 0.844. The van der Waals surface area contributed by atoms with Crippen LogP contribution < -0.4 is 9.47 Å². The highest BCUT2D eigenvalue weighted by atomic mass is 35.5. The Morgan fingerprint density at radius 2 is 1.93 bits per heavy atom. The normalized spacial score (nSPS) is 12.4. The first-order valence-corrected chi connectivity index (χ1v) is 4.57. The molecule has 0 aromatic heterocycles. The summed E-state index contributed by atoms with van der Waals surface area (Å²) < 4.78 is 10.2. The van der Waals surface area contributed by atoms with Gasteiger partial charge in [0.2, 0.25) is 0 Å². The zero-order valence-electron chi connectivity index (χ0n) is 8.37. The van der Waals surface area contributed by atoms with Gasteiger partial charge in [0.15, 0.2) is 11.5 Å². The van der Waals surface area contributed by atoms with E-state index in [2.05, 4.69) is 0 Å². The van der Waals surface area contributed by atoms with Crippen LogP contribution in [0.1, 0.15) is 18.6 Å². The number of hydrogen-bond donors (Lipinski definition) is 1. The Morgan fingerprint density at radius 1 is 1.29 bits per heavy atom. The fourth-order valence-electron chi connectivity index (χ4n) is 1.27. The maximum atomic E-state index is 9.49. The minimum absolute atomic E-state index is 0.513. The molecule has 0 unspecified atom stereocenters. The van der Waals surface area contributed by atoms with E-state index in [9.17, 15) is 5.11 Å². The summed E-state index contributed by atoms with van der Waals surface area (Å²) in [7, 11) is 3.05. The molecule has 4 heteroatoms. The SMILES string of the molecule is COc1cc(Cl)cc([C@H](C)O)c1OC. The van der Waals surface area contributed by atoms with Crippen molar-refractivity contribution in [2.24, 2.45) is 0 Å². The molecule has 1 aromatic rings. The molecule has 78 valence electrons. The van der Waals surface area contributed by atoms with Crippen molar-refractivity contribution >= 4 is 11.6 Å². The number of halogens is 1. The first kappa shape index (κ1) is 11.1. The Morgan fingerprint density at radius 3 is 2.36 bits per heavy atom. The number of aliphatic hydroxyl groups excluding tert-OH is 1. The molecule has 0 saturated heterocycles. The molecule has 0 heterocycles. The van der Waals surface area contributed by atoms with Crippen molar-refractivity contribution in [2.45, 2.75) is 13.0 Å². The molecule has 0 aliphatic rings. The summed E-state index contributed by atoms with van der Waals surface area (Å²) in [5, 5.41) is 10.00. The van der Waals surface area contributed by atoms with E-state index in [0.717, 1.165) is 0 Å². The maximum absolute atomic E-state index is 9.49. The summed E-state index contributed by atoms with van der Waals surface area (Å²) in [5.74, 6) is 1.04. The van der Waals surface area contributed by atoms with Crippen molar-refractivity contribution in [1.82, 2.24) is 0 Å². The lowest BCUT2D eigenvalue weighted by atomic mass is 10.1. The molecule has 0 radical (unpaired) electrons. The minimum Gasteiger partial charge on any atom is -0.493 e. The van der Waals surface area contributed by atoms with E-state index in [0.29, 0.717) is 22.1 Å². The minimum atomic E-state index is -0.641. The molecule has 3 nitrogen and oxygen atoms in total. The first-order chi connectivity index (χ1) is 6.60. The maximum Gasteiger partial charge on any atom is 0.166 e. The van der Waals surface area contributed by atoms with Gasteiger partial charge >= 0.3 is 0 Å². The molecule has 1 aromatic carbocycles. The van der Waals surface area contributed by atoms with Crippen LogP contribution in [-0.4, -0.2) is 19.3 Å². The highest BCUT2D eigenvalue weighted by Crippen LogP contribution is 2.37. The lowest BCUT2D eigenvalue weighted by Gasteiger charge is -2.14. The van der Waals surface area contributed by atoms with Crippen LogP contribution in [0.25, 0.3) is 0 Å². The van der Waals surface area contributed by atoms with Gasteiger partial charge in [0.05, 0.1) is 20.3 Å². The molecule has 0 amide bonds. The first-order valence-electron chi connectivity index (χ1n) is 4.19. The number of rotatable bonds is 3. The number of hydrogen-bond acceptors (Lipinski definition) is 3. The molecule has 0 saturated carbocycles. The highest BCUT2D eigenvalue weighted by Gasteiger charge is 2.15. The lowest BCUT2D eigenvalue weighted by Crippen LogP contribution is -1.99. The van der Waals surface area contributed by atoms with Gasteiger partial charge in [0, 0.05) is 16.7 Å². The van der Waals surface area contributed by atoms with Gasteiger partial charge in [0.25, 0.3) is 0 Å². The number of methoxy groups -OCH3 is 2. The molecular formula is C10H13ClO3. The van der Waals surface area contributed by atoms with Crippen molar-refractivity contribution in [2.75, 3.05) is 14.2 Å². The third-order valence-corrected chi connectivity index (χ3v) is 2.14. The fraction of sp³-hybridized carbons (Fsp3) is 0.400. The van der Waals surface area contributed by atoms with E-state index < -0.39 is 6.10 Å². The van der Waals surface area contributed by atoms with Crippen LogP contribution >= 0.6 is 11.6 Å². The zero-order chi connectivity index (χ0) is 10.7. The van der Waals surface area contributed by atoms with Gasteiger partial charge in [-0.05, 0) is 13.0 Å². The van der Waals surface area contributed by atoms with Crippen molar-refractivity contribution in [3.05, 3.63) is 22.7 Å². The van der Waals surface area contributed by atoms with Crippen molar-refractivity contribution < 1.29 is 14.6 Å². The van der Waals surface area contributed by atoms with Crippen LogP contribution in [0.5, 0.6) is 11.5 Å². The number of benzene rings is 1. The van der Waals surface area contributed by atoms with Crippen LogP contribution in [-0.2, 0) is 0 Å². The number of aliphatic hydroxyl groups is 1. The van der Waals surface area contributed by atoms with Gasteiger partial charge in [-0.1, -0.05) is 11.6 Å². The monoisotopic (exact) mass is 216 g/mol. The van der Waals surface area contributed by atoms with E-state index >= 15 is 0 Å². The van der Waals surface area contributed by atoms with Gasteiger partial charge < -0.3 is 14.6 Å². The van der Waals surface area contributed by atoms with E-state index in [4.69, 9.17) is 21.1 Å². The summed E-state index contributed by atoms with van der Waals surface area (Å²) >= 11 is 5.86. The summed E-state index contributed by atoms with van der Waals surface area (Å²) in [4.78, 5) is 0. The second-order valence-electron chi connectivity index (χ2n) is 2.91. The molecule has 0 spiro atoms. The summed E-state index contributed by atoms with van der Waals surface area (Å²) in [6, 6.07) is 3.31. The number of ether oxygens (including phenoxy) is 2. The largest absolute Gasteiger partial charge is 0.493 e. The van der Waals surface area contributed by atoms with E-state index in [1.54, 1.807) is 19.1 Å². The Bertz CT molecular complexity index is 323. The standard InChI is InChI=1S/C10H13ClO3/c1-6(12)8-4-7(11)5-9(13-2)10(8)14-3/h4-6,12H,1-3H3/t6-/m0/s1. The molecular weight excluding hydrogens is 204 g/mol. The molecule has 14 heavy (non-hydrogen) atoms. The van der Waals surface area contributed by atoms with Crippen LogP contribution in [0.3, 0.4) is 0 Å². The molecule has 0 aliphatic heterocycles. The molecule has 0 bridgehead atoms. The smallest absolute Gasteiger partial charge is 0.166 e. The lowest BCUT2D eigenvalue weighted by molar-refractivity contribution is 0.193. The third kappa shape index (κ3) is 2.11. The average Bonchev–Trinajstić information content (AvgIpc) is 2.16. The Labute approximate surface area is 88.2 Å². The Balaban J connectivity index is 3.31. The van der Waals surface area contributed by atoms with Crippen LogP contribution in [0, 0.1) is 0 Å². The van der Waals surface area contributed by atoms with Gasteiger partial charge in [-0.25, -0.2) is 0 Å². The van der Waals surface area contributed by atoms with E-state index in [1.807, 2.05) is 0 Å². The van der Waals surface area contributed by atoms with Crippen molar-refractivity contribution in [1.29, 1.82) is 0 Å². The topological polar surface area (TPSA) is 38.7 Å². The molecule has 0 fully saturated rings. The fourth-order valence-corrected chi connectivity index (χ4v) is 1.49. The van der Waals surface area contributed by atoms with Gasteiger partial charge in [-0.15, -0.1) is 0 Å². The van der Waals surface area contributed by atoms with Crippen LogP contribution in [0.15, 0.2) is 12.1 Å². The summed E-state index contributed by atoms with van der Waals surface area (Å²) in [5.41, 5.74) is 0.622. The van der Waals surface area contributed by atoms with E-state index in [1.165, 1.54) is 14.2 Å². The second-order valence-corrected chi connectivity index (χ2v) is 3.34. The van der Waals surface area contributed by atoms with E-state index in [-0.39, 0.29) is 0 Å². The predicted molar refractivity (Wildman–Crippen MR) is 55.2 cm³/mol. The van der Waals surface area contributed by atoms with Gasteiger partial charge in [0.1, 0.15) is 0 Å². The molecule has 1 N–H and O–H groups in total. The predicted octanol–water partition coefficient (Wildman–Crippen LogP) is 2.41. The van der Waals surface area contributed by atoms with Crippen LogP contribution in [0.2, 0.25) is 5.02 Å². The summed E-state index contributed by atoms with van der Waals surface area (Å²) in [6.45, 7) is 1.65. The molecule has 1 atom stereocenters.